The van der Waals surface area contributed by atoms with Crippen LogP contribution in [0.1, 0.15) is 17.7 Å². The Kier molecular flexibility index (Phi) is 5.77. The Balaban J connectivity index is 1.73. The summed E-state index contributed by atoms with van der Waals surface area (Å²) in [7, 11) is 1.69. The Hall–Kier alpha value is -3.93. The Morgan fingerprint density at radius 3 is 2.73 bits per heavy atom. The second-order valence-corrected chi connectivity index (χ2v) is 7.64. The summed E-state index contributed by atoms with van der Waals surface area (Å²) < 4.78 is 30.4. The highest BCUT2D eigenvalue weighted by Gasteiger charge is 2.23. The largest absolute Gasteiger partial charge is 0.319 e. The van der Waals surface area contributed by atoms with Crippen molar-refractivity contribution in [1.82, 2.24) is 24.5 Å². The molecule has 10 nitrogen and oxygen atoms in total. The lowest BCUT2D eigenvalue weighted by Gasteiger charge is -2.09. The van der Waals surface area contributed by atoms with Gasteiger partial charge in [0.15, 0.2) is 5.65 Å². The van der Waals surface area contributed by atoms with E-state index in [1.807, 2.05) is 0 Å². The molecule has 0 aliphatic carbocycles. The van der Waals surface area contributed by atoms with Gasteiger partial charge in [-0.05, 0) is 25.1 Å². The summed E-state index contributed by atoms with van der Waals surface area (Å²) >= 11 is 5.80. The topological polar surface area (TPSA) is 121 Å². The van der Waals surface area contributed by atoms with E-state index in [0.29, 0.717) is 5.56 Å². The number of carbonyl (C=O) groups is 1. The van der Waals surface area contributed by atoms with Crippen LogP contribution < -0.4 is 5.32 Å². The van der Waals surface area contributed by atoms with E-state index in [2.05, 4.69) is 20.5 Å². The van der Waals surface area contributed by atoms with Gasteiger partial charge in [0.1, 0.15) is 12.2 Å². The van der Waals surface area contributed by atoms with E-state index in [-0.39, 0.29) is 44.4 Å². The number of carbonyl (C=O) groups excluding carboxylic acids is 1. The molecule has 1 aromatic carbocycles. The molecule has 0 aliphatic heterocycles. The highest BCUT2D eigenvalue weighted by atomic mass is 35.5. The van der Waals surface area contributed by atoms with Gasteiger partial charge in [-0.1, -0.05) is 11.6 Å². The van der Waals surface area contributed by atoms with E-state index in [1.54, 1.807) is 13.2 Å². The van der Waals surface area contributed by atoms with Crippen LogP contribution in [0.5, 0.6) is 0 Å². The summed E-state index contributed by atoms with van der Waals surface area (Å²) in [6, 6.07) is 5.09. The van der Waals surface area contributed by atoms with Gasteiger partial charge in [0, 0.05) is 35.5 Å². The van der Waals surface area contributed by atoms with Crippen molar-refractivity contribution in [3.05, 3.63) is 63.1 Å². The van der Waals surface area contributed by atoms with E-state index in [4.69, 9.17) is 11.6 Å². The number of aromatic nitrogens is 5. The summed E-state index contributed by atoms with van der Waals surface area (Å²) in [5.41, 5.74) is 0.431. The van der Waals surface area contributed by atoms with Crippen LogP contribution >= 0.6 is 11.6 Å². The number of aryl methyl sites for hydroxylation is 2. The van der Waals surface area contributed by atoms with Crippen molar-refractivity contribution in [1.29, 1.82) is 0 Å². The second kappa shape index (κ2) is 8.54. The molecule has 0 radical (unpaired) electrons. The number of anilines is 1. The molecule has 170 valence electrons. The van der Waals surface area contributed by atoms with Crippen molar-refractivity contribution < 1.29 is 18.5 Å². The minimum Gasteiger partial charge on any atom is -0.319 e. The van der Waals surface area contributed by atoms with Gasteiger partial charge in [0.2, 0.25) is 5.91 Å². The molecule has 0 fully saturated rings. The van der Waals surface area contributed by atoms with Crippen molar-refractivity contribution in [3.63, 3.8) is 0 Å². The number of hydrogen-bond donors (Lipinski definition) is 1. The van der Waals surface area contributed by atoms with Gasteiger partial charge < -0.3 is 5.32 Å². The molecule has 0 spiro atoms. The third kappa shape index (κ3) is 4.37. The standard InChI is InChI=1S/C20H16ClF2N7O3/c1-10-18-13(19(22)23)6-15(11-7-24-28(2)8-11)26-20(18)29(27-10)9-17(31)25-14-4-3-12(21)5-16(14)30(32)33/h3-8,19H,9H2,1-2H3,(H,25,31). The van der Waals surface area contributed by atoms with E-state index in [9.17, 15) is 23.7 Å². The Labute approximate surface area is 189 Å². The van der Waals surface area contributed by atoms with E-state index >= 15 is 0 Å². The first kappa shape index (κ1) is 22.3. The molecule has 4 rings (SSSR count). The number of fused-ring (bicyclic) bond motifs is 1. The minimum atomic E-state index is -2.80. The number of nitrogens with one attached hydrogen (secondary N) is 1. The third-order valence-corrected chi connectivity index (χ3v) is 5.10. The van der Waals surface area contributed by atoms with Crippen molar-refractivity contribution >= 4 is 39.9 Å². The molecule has 13 heteroatoms. The van der Waals surface area contributed by atoms with E-state index < -0.39 is 23.8 Å². The highest BCUT2D eigenvalue weighted by Crippen LogP contribution is 2.33. The maximum absolute atomic E-state index is 13.9. The zero-order valence-electron chi connectivity index (χ0n) is 17.3. The summed E-state index contributed by atoms with van der Waals surface area (Å²) in [6.07, 6.45) is 0.319. The molecule has 4 aromatic rings. The number of hydrogen-bond acceptors (Lipinski definition) is 6. The van der Waals surface area contributed by atoms with Gasteiger partial charge in [-0.3, -0.25) is 19.6 Å². The molecule has 0 saturated carbocycles. The molecule has 0 bridgehead atoms. The quantitative estimate of drug-likeness (QED) is 0.328. The fourth-order valence-corrected chi connectivity index (χ4v) is 3.62. The Bertz CT molecular complexity index is 1400. The number of rotatable bonds is 6. The highest BCUT2D eigenvalue weighted by molar-refractivity contribution is 6.31. The first-order valence-corrected chi connectivity index (χ1v) is 9.91. The van der Waals surface area contributed by atoms with Gasteiger partial charge in [-0.15, -0.1) is 0 Å². The first-order chi connectivity index (χ1) is 15.6. The van der Waals surface area contributed by atoms with Crippen molar-refractivity contribution in [2.24, 2.45) is 7.05 Å². The normalized spacial score (nSPS) is 11.3. The SMILES string of the molecule is Cc1nn(CC(=O)Nc2ccc(Cl)cc2[N+](=O)[O-])c2nc(-c3cnn(C)c3)cc(C(F)F)c12. The molecule has 0 aliphatic rings. The zero-order chi connectivity index (χ0) is 23.9. The molecule has 33 heavy (non-hydrogen) atoms. The van der Waals surface area contributed by atoms with Crippen LogP contribution in [0, 0.1) is 17.0 Å². The second-order valence-electron chi connectivity index (χ2n) is 7.21. The molecule has 0 unspecified atom stereocenters. The number of pyridine rings is 1. The van der Waals surface area contributed by atoms with Crippen LogP contribution in [-0.4, -0.2) is 35.4 Å². The van der Waals surface area contributed by atoms with Gasteiger partial charge in [0.25, 0.3) is 12.1 Å². The van der Waals surface area contributed by atoms with Gasteiger partial charge in [0.05, 0.1) is 27.9 Å². The van der Waals surface area contributed by atoms with Gasteiger partial charge >= 0.3 is 0 Å². The first-order valence-electron chi connectivity index (χ1n) is 9.53. The average Bonchev–Trinajstić information content (AvgIpc) is 3.32. The molecule has 1 N–H and O–H groups in total. The van der Waals surface area contributed by atoms with Gasteiger partial charge in [-0.25, -0.2) is 18.4 Å². The zero-order valence-corrected chi connectivity index (χ0v) is 18.0. The Morgan fingerprint density at radius 2 is 2.09 bits per heavy atom. The van der Waals surface area contributed by atoms with Gasteiger partial charge in [-0.2, -0.15) is 10.2 Å². The maximum Gasteiger partial charge on any atom is 0.294 e. The summed E-state index contributed by atoms with van der Waals surface area (Å²) in [5.74, 6) is -0.656. The lowest BCUT2D eigenvalue weighted by Crippen LogP contribution is -2.20. The predicted octanol–water partition coefficient (Wildman–Crippen LogP) is 4.28. The average molecular weight is 476 g/mol. The van der Waals surface area contributed by atoms with Crippen molar-refractivity contribution in [2.75, 3.05) is 5.32 Å². The maximum atomic E-state index is 13.9. The summed E-state index contributed by atoms with van der Waals surface area (Å²) in [6.45, 7) is 1.13. The molecular weight excluding hydrogens is 460 g/mol. The van der Waals surface area contributed by atoms with E-state index in [1.165, 1.54) is 40.7 Å². The number of benzene rings is 1. The smallest absolute Gasteiger partial charge is 0.294 e. The molecule has 3 heterocycles. The minimum absolute atomic E-state index is 0.0557. The van der Waals surface area contributed by atoms with Crippen molar-refractivity contribution in [2.45, 2.75) is 19.9 Å². The number of nitrogens with zero attached hydrogens (tertiary/aromatic N) is 6. The monoisotopic (exact) mass is 475 g/mol. The molecule has 1 amide bonds. The number of amides is 1. The summed E-state index contributed by atoms with van der Waals surface area (Å²) in [5, 5.41) is 22.2. The Morgan fingerprint density at radius 1 is 1.33 bits per heavy atom. The lowest BCUT2D eigenvalue weighted by atomic mass is 10.1. The van der Waals surface area contributed by atoms with Crippen molar-refractivity contribution in [3.8, 4) is 11.3 Å². The van der Waals surface area contributed by atoms with Crippen LogP contribution in [0.15, 0.2) is 36.7 Å². The van der Waals surface area contributed by atoms with Crippen LogP contribution in [0.4, 0.5) is 20.2 Å². The number of halogens is 3. The summed E-state index contributed by atoms with van der Waals surface area (Å²) in [4.78, 5) is 27.7. The van der Waals surface area contributed by atoms with Crippen LogP contribution in [0.3, 0.4) is 0 Å². The number of nitro groups is 1. The number of nitro benzene ring substituents is 1. The van der Waals surface area contributed by atoms with Crippen LogP contribution in [0.2, 0.25) is 5.02 Å². The fraction of sp³-hybridized carbons (Fsp3) is 0.200. The van der Waals surface area contributed by atoms with Crippen LogP contribution in [-0.2, 0) is 18.4 Å². The molecular formula is C20H16ClF2N7O3. The number of alkyl halides is 2. The third-order valence-electron chi connectivity index (χ3n) is 4.87. The molecule has 3 aromatic heterocycles. The molecule has 0 saturated heterocycles. The molecule has 0 atom stereocenters. The lowest BCUT2D eigenvalue weighted by molar-refractivity contribution is -0.383. The predicted molar refractivity (Wildman–Crippen MR) is 116 cm³/mol. The van der Waals surface area contributed by atoms with Crippen LogP contribution in [0.25, 0.3) is 22.3 Å². The van der Waals surface area contributed by atoms with E-state index in [0.717, 1.165) is 6.07 Å². The fourth-order valence-electron chi connectivity index (χ4n) is 3.46.